The van der Waals surface area contributed by atoms with Crippen LogP contribution in [0.15, 0.2) is 36.4 Å². The number of hydrogen-bond acceptors (Lipinski definition) is 4. The zero-order chi connectivity index (χ0) is 20.5. The second-order valence-electron chi connectivity index (χ2n) is 7.37. The lowest BCUT2D eigenvalue weighted by molar-refractivity contribution is -0.115. The number of hydrogen-bond donors (Lipinski definition) is 3. The van der Waals surface area contributed by atoms with Gasteiger partial charge >= 0.3 is 6.09 Å². The standard InChI is InChI=1S/C20H20FN3O4/c1-20(2,3)28-19(27)24-16-10-13(21)5-7-15(16)23-18(26)11-4-6-14-12(8-11)9-17(25)22-14/h4-8,10H,9H2,1-3H3,(H,22,25)(H,23,26)(H,24,27). The minimum absolute atomic E-state index is 0.0700. The number of fused-ring (bicyclic) bond motifs is 1. The molecule has 0 atom stereocenters. The number of carbonyl (C=O) groups is 3. The van der Waals surface area contributed by atoms with Crippen molar-refractivity contribution in [2.24, 2.45) is 0 Å². The molecule has 3 N–H and O–H groups in total. The lowest BCUT2D eigenvalue weighted by Gasteiger charge is -2.20. The Morgan fingerprint density at radius 3 is 2.54 bits per heavy atom. The summed E-state index contributed by atoms with van der Waals surface area (Å²) in [5.74, 6) is -1.16. The van der Waals surface area contributed by atoms with Gasteiger partial charge in [-0.05, 0) is 62.7 Å². The Bertz CT molecular complexity index is 966. The summed E-state index contributed by atoms with van der Waals surface area (Å²) in [7, 11) is 0. The number of carbonyl (C=O) groups excluding carboxylic acids is 3. The van der Waals surface area contributed by atoms with Gasteiger partial charge in [0, 0.05) is 11.3 Å². The van der Waals surface area contributed by atoms with Crippen molar-refractivity contribution in [2.75, 3.05) is 16.0 Å². The van der Waals surface area contributed by atoms with Crippen LogP contribution < -0.4 is 16.0 Å². The van der Waals surface area contributed by atoms with Crippen molar-refractivity contribution >= 4 is 35.0 Å². The molecule has 8 heteroatoms. The predicted molar refractivity (Wildman–Crippen MR) is 103 cm³/mol. The second-order valence-corrected chi connectivity index (χ2v) is 7.37. The highest BCUT2D eigenvalue weighted by Crippen LogP contribution is 2.27. The zero-order valence-corrected chi connectivity index (χ0v) is 15.7. The van der Waals surface area contributed by atoms with Gasteiger partial charge in [0.2, 0.25) is 5.91 Å². The number of ether oxygens (including phenoxy) is 1. The van der Waals surface area contributed by atoms with Gasteiger partial charge in [-0.2, -0.15) is 0 Å². The first-order valence-corrected chi connectivity index (χ1v) is 8.64. The molecule has 0 saturated carbocycles. The Balaban J connectivity index is 1.79. The van der Waals surface area contributed by atoms with Crippen molar-refractivity contribution in [1.29, 1.82) is 0 Å². The minimum Gasteiger partial charge on any atom is -0.444 e. The number of anilines is 3. The summed E-state index contributed by atoms with van der Waals surface area (Å²) < 4.78 is 18.8. The summed E-state index contributed by atoms with van der Waals surface area (Å²) >= 11 is 0. The summed E-state index contributed by atoms with van der Waals surface area (Å²) in [6.45, 7) is 5.11. The minimum atomic E-state index is -0.768. The predicted octanol–water partition coefficient (Wildman–Crippen LogP) is 3.92. The summed E-state index contributed by atoms with van der Waals surface area (Å²) in [6.07, 6.45) is -0.561. The molecule has 2 aromatic rings. The molecule has 0 radical (unpaired) electrons. The van der Waals surface area contributed by atoms with Crippen molar-refractivity contribution in [3.63, 3.8) is 0 Å². The molecule has 3 amide bonds. The average molecular weight is 385 g/mol. The van der Waals surface area contributed by atoms with Gasteiger partial charge in [-0.1, -0.05) is 0 Å². The van der Waals surface area contributed by atoms with Gasteiger partial charge < -0.3 is 15.4 Å². The fourth-order valence-electron chi connectivity index (χ4n) is 2.71. The number of halogens is 1. The van der Waals surface area contributed by atoms with Gasteiger partial charge in [-0.25, -0.2) is 9.18 Å². The van der Waals surface area contributed by atoms with Crippen LogP contribution >= 0.6 is 0 Å². The van der Waals surface area contributed by atoms with Gasteiger partial charge in [0.25, 0.3) is 5.91 Å². The third-order valence-electron chi connectivity index (χ3n) is 3.86. The fourth-order valence-corrected chi connectivity index (χ4v) is 2.71. The lowest BCUT2D eigenvalue weighted by atomic mass is 10.1. The molecule has 0 bridgehead atoms. The largest absolute Gasteiger partial charge is 0.444 e. The lowest BCUT2D eigenvalue weighted by Crippen LogP contribution is -2.27. The Labute approximate surface area is 161 Å². The fraction of sp³-hybridized carbons (Fsp3) is 0.250. The van der Waals surface area contributed by atoms with Gasteiger partial charge in [-0.15, -0.1) is 0 Å². The molecule has 0 spiro atoms. The summed E-state index contributed by atoms with van der Waals surface area (Å²) in [5.41, 5.74) is 1.30. The first-order valence-electron chi connectivity index (χ1n) is 8.64. The van der Waals surface area contributed by atoms with E-state index in [1.165, 1.54) is 12.1 Å². The van der Waals surface area contributed by atoms with Crippen molar-refractivity contribution in [2.45, 2.75) is 32.8 Å². The highest BCUT2D eigenvalue weighted by Gasteiger charge is 2.21. The van der Waals surface area contributed by atoms with E-state index in [1.807, 2.05) is 0 Å². The molecule has 0 fully saturated rings. The highest BCUT2D eigenvalue weighted by atomic mass is 19.1. The Hall–Kier alpha value is -3.42. The van der Waals surface area contributed by atoms with Crippen molar-refractivity contribution in [3.05, 3.63) is 53.3 Å². The molecule has 0 unspecified atom stereocenters. The van der Waals surface area contributed by atoms with Crippen LogP contribution in [-0.2, 0) is 16.0 Å². The first-order chi connectivity index (χ1) is 13.1. The van der Waals surface area contributed by atoms with E-state index in [4.69, 9.17) is 4.74 Å². The van der Waals surface area contributed by atoms with Crippen LogP contribution in [0.3, 0.4) is 0 Å². The second kappa shape index (κ2) is 7.30. The van der Waals surface area contributed by atoms with E-state index in [0.29, 0.717) is 11.3 Å². The Kier molecular flexibility index (Phi) is 5.04. The smallest absolute Gasteiger partial charge is 0.412 e. The molecule has 146 valence electrons. The SMILES string of the molecule is CC(C)(C)OC(=O)Nc1cc(F)ccc1NC(=O)c1ccc2c(c1)CC(=O)N2. The van der Waals surface area contributed by atoms with Crippen molar-refractivity contribution < 1.29 is 23.5 Å². The van der Waals surface area contributed by atoms with Crippen LogP contribution in [0.1, 0.15) is 36.7 Å². The third kappa shape index (κ3) is 4.64. The van der Waals surface area contributed by atoms with E-state index in [-0.39, 0.29) is 23.7 Å². The molecule has 0 aliphatic carbocycles. The quantitative estimate of drug-likeness (QED) is 0.746. The molecule has 7 nitrogen and oxygen atoms in total. The monoisotopic (exact) mass is 385 g/mol. The van der Waals surface area contributed by atoms with Crippen molar-refractivity contribution in [1.82, 2.24) is 0 Å². The molecule has 0 saturated heterocycles. The molecule has 3 rings (SSSR count). The van der Waals surface area contributed by atoms with Crippen LogP contribution in [0.5, 0.6) is 0 Å². The summed E-state index contributed by atoms with van der Waals surface area (Å²) in [5, 5.41) is 7.78. The Morgan fingerprint density at radius 2 is 1.82 bits per heavy atom. The molecule has 1 aliphatic heterocycles. The normalized spacial score (nSPS) is 12.8. The molecule has 1 aliphatic rings. The van der Waals surface area contributed by atoms with Crippen LogP contribution in [0.25, 0.3) is 0 Å². The third-order valence-corrected chi connectivity index (χ3v) is 3.86. The number of amides is 3. The first kappa shape index (κ1) is 19.3. The number of nitrogens with one attached hydrogen (secondary N) is 3. The van der Waals surface area contributed by atoms with E-state index in [0.717, 1.165) is 11.6 Å². The average Bonchev–Trinajstić information content (AvgIpc) is 2.94. The molecule has 28 heavy (non-hydrogen) atoms. The van der Waals surface area contributed by atoms with Gasteiger partial charge in [-0.3, -0.25) is 14.9 Å². The number of benzene rings is 2. The molecule has 2 aromatic carbocycles. The van der Waals surface area contributed by atoms with Gasteiger partial charge in [0.15, 0.2) is 0 Å². The molecular formula is C20H20FN3O4. The molecule has 0 aromatic heterocycles. The van der Waals surface area contributed by atoms with E-state index in [2.05, 4.69) is 16.0 Å². The van der Waals surface area contributed by atoms with E-state index < -0.39 is 23.4 Å². The maximum absolute atomic E-state index is 13.6. The topological polar surface area (TPSA) is 96.5 Å². The number of rotatable bonds is 3. The zero-order valence-electron chi connectivity index (χ0n) is 15.7. The maximum atomic E-state index is 13.6. The van der Waals surface area contributed by atoms with Crippen LogP contribution in [0.4, 0.5) is 26.2 Å². The van der Waals surface area contributed by atoms with Gasteiger partial charge in [0.1, 0.15) is 11.4 Å². The molecular weight excluding hydrogens is 365 g/mol. The van der Waals surface area contributed by atoms with Crippen molar-refractivity contribution in [3.8, 4) is 0 Å². The van der Waals surface area contributed by atoms with Crippen LogP contribution in [0, 0.1) is 5.82 Å². The van der Waals surface area contributed by atoms with E-state index >= 15 is 0 Å². The molecule has 1 heterocycles. The van der Waals surface area contributed by atoms with Crippen LogP contribution in [0.2, 0.25) is 0 Å². The summed E-state index contributed by atoms with van der Waals surface area (Å²) in [6, 6.07) is 8.45. The van der Waals surface area contributed by atoms with E-state index in [9.17, 15) is 18.8 Å². The maximum Gasteiger partial charge on any atom is 0.412 e. The van der Waals surface area contributed by atoms with Crippen LogP contribution in [-0.4, -0.2) is 23.5 Å². The van der Waals surface area contributed by atoms with Gasteiger partial charge in [0.05, 0.1) is 17.8 Å². The summed E-state index contributed by atoms with van der Waals surface area (Å²) in [4.78, 5) is 36.0. The van der Waals surface area contributed by atoms with E-state index in [1.54, 1.807) is 39.0 Å². The Morgan fingerprint density at radius 1 is 1.07 bits per heavy atom. The highest BCUT2D eigenvalue weighted by molar-refractivity contribution is 6.08.